The van der Waals surface area contributed by atoms with Crippen LogP contribution in [-0.4, -0.2) is 83.8 Å². The smallest absolute Gasteiger partial charge is 0.326 e. The van der Waals surface area contributed by atoms with Crippen molar-refractivity contribution in [3.63, 3.8) is 0 Å². The number of imide groups is 1. The molecule has 4 amide bonds. The molecular weight excluding hydrogens is 310 g/mol. The standard InChI is InChI=1S/C16H21N5O3/c1-18-12(15(23)19(2)16(18)24)11-14(22)21-9-7-20(8-10-21)13-5-3-4-6-17-13/h3-6,12H,7-11H2,1-2H3. The molecule has 2 fully saturated rings. The molecule has 3 heterocycles. The van der Waals surface area contributed by atoms with Crippen molar-refractivity contribution in [3.8, 4) is 0 Å². The second kappa shape index (κ2) is 6.46. The van der Waals surface area contributed by atoms with E-state index in [2.05, 4.69) is 9.88 Å². The van der Waals surface area contributed by atoms with Gasteiger partial charge in [-0.3, -0.25) is 14.5 Å². The van der Waals surface area contributed by atoms with Crippen LogP contribution in [0.5, 0.6) is 0 Å². The molecule has 0 aromatic carbocycles. The maximum absolute atomic E-state index is 12.5. The predicted octanol–water partition coefficient (Wildman–Crippen LogP) is 0.0127. The van der Waals surface area contributed by atoms with Crippen molar-refractivity contribution in [3.05, 3.63) is 24.4 Å². The molecule has 0 aliphatic carbocycles. The quantitative estimate of drug-likeness (QED) is 0.730. The van der Waals surface area contributed by atoms with Gasteiger partial charge < -0.3 is 14.7 Å². The first-order valence-corrected chi connectivity index (χ1v) is 7.97. The van der Waals surface area contributed by atoms with Gasteiger partial charge in [-0.15, -0.1) is 0 Å². The third-order valence-electron chi connectivity index (χ3n) is 4.65. The zero-order valence-corrected chi connectivity index (χ0v) is 13.9. The number of carbonyl (C=O) groups is 3. The van der Waals surface area contributed by atoms with Gasteiger partial charge in [-0.25, -0.2) is 9.78 Å². The molecule has 0 bridgehead atoms. The van der Waals surface area contributed by atoms with Crippen molar-refractivity contribution in [2.75, 3.05) is 45.2 Å². The van der Waals surface area contributed by atoms with Crippen molar-refractivity contribution in [2.24, 2.45) is 0 Å². The van der Waals surface area contributed by atoms with Crippen LogP contribution in [-0.2, 0) is 9.59 Å². The van der Waals surface area contributed by atoms with Gasteiger partial charge in [0.05, 0.1) is 6.42 Å². The molecule has 1 unspecified atom stereocenters. The Kier molecular flexibility index (Phi) is 4.37. The highest BCUT2D eigenvalue weighted by Gasteiger charge is 2.42. The van der Waals surface area contributed by atoms with E-state index in [1.54, 1.807) is 18.1 Å². The number of carbonyl (C=O) groups excluding carboxylic acids is 3. The summed E-state index contributed by atoms with van der Waals surface area (Å²) >= 11 is 0. The summed E-state index contributed by atoms with van der Waals surface area (Å²) in [6.07, 6.45) is 1.79. The number of anilines is 1. The third-order valence-corrected chi connectivity index (χ3v) is 4.65. The van der Waals surface area contributed by atoms with E-state index in [0.717, 1.165) is 10.7 Å². The average Bonchev–Trinajstić information content (AvgIpc) is 2.80. The zero-order valence-electron chi connectivity index (χ0n) is 13.9. The maximum atomic E-state index is 12.5. The van der Waals surface area contributed by atoms with E-state index in [1.165, 1.54) is 11.9 Å². The van der Waals surface area contributed by atoms with Crippen LogP contribution >= 0.6 is 0 Å². The van der Waals surface area contributed by atoms with Gasteiger partial charge in [-0.05, 0) is 12.1 Å². The Morgan fingerprint density at radius 1 is 1.17 bits per heavy atom. The van der Waals surface area contributed by atoms with Crippen LogP contribution in [0.15, 0.2) is 24.4 Å². The first-order chi connectivity index (χ1) is 11.5. The van der Waals surface area contributed by atoms with E-state index in [1.807, 2.05) is 18.2 Å². The van der Waals surface area contributed by atoms with Crippen LogP contribution in [0.25, 0.3) is 0 Å². The monoisotopic (exact) mass is 331 g/mol. The Labute approximate surface area is 140 Å². The van der Waals surface area contributed by atoms with E-state index < -0.39 is 6.04 Å². The topological polar surface area (TPSA) is 77.1 Å². The number of amides is 4. The highest BCUT2D eigenvalue weighted by molar-refractivity contribution is 6.05. The minimum absolute atomic E-state index is 0.0367. The lowest BCUT2D eigenvalue weighted by atomic mass is 10.1. The van der Waals surface area contributed by atoms with Gasteiger partial charge in [0.1, 0.15) is 11.9 Å². The molecule has 1 atom stereocenters. The molecule has 1 aromatic heterocycles. The van der Waals surface area contributed by atoms with Crippen molar-refractivity contribution in [1.29, 1.82) is 0 Å². The molecule has 3 rings (SSSR count). The Balaban J connectivity index is 1.56. The van der Waals surface area contributed by atoms with Gasteiger partial charge in [0.25, 0.3) is 5.91 Å². The molecule has 8 nitrogen and oxygen atoms in total. The third kappa shape index (κ3) is 2.91. The molecule has 2 aliphatic rings. The first-order valence-electron chi connectivity index (χ1n) is 7.97. The number of pyridine rings is 1. The van der Waals surface area contributed by atoms with E-state index in [-0.39, 0.29) is 24.3 Å². The lowest BCUT2D eigenvalue weighted by Crippen LogP contribution is -2.50. The molecule has 0 spiro atoms. The summed E-state index contributed by atoms with van der Waals surface area (Å²) in [4.78, 5) is 46.9. The number of rotatable bonds is 3. The SMILES string of the molecule is CN1C(=O)C(CC(=O)N2CCN(c3ccccn3)CC2)N(C)C1=O. The zero-order chi connectivity index (χ0) is 17.3. The van der Waals surface area contributed by atoms with Crippen LogP contribution < -0.4 is 4.90 Å². The lowest BCUT2D eigenvalue weighted by Gasteiger charge is -2.36. The number of hydrogen-bond acceptors (Lipinski definition) is 5. The summed E-state index contributed by atoms with van der Waals surface area (Å²) in [6.45, 7) is 2.58. The van der Waals surface area contributed by atoms with E-state index in [9.17, 15) is 14.4 Å². The molecule has 0 saturated carbocycles. The normalized spacial score (nSPS) is 21.7. The van der Waals surface area contributed by atoms with Gasteiger partial charge in [-0.2, -0.15) is 0 Å². The highest BCUT2D eigenvalue weighted by atomic mass is 16.2. The fourth-order valence-corrected chi connectivity index (χ4v) is 3.10. The van der Waals surface area contributed by atoms with Crippen molar-refractivity contribution < 1.29 is 14.4 Å². The molecule has 1 aromatic rings. The largest absolute Gasteiger partial charge is 0.353 e. The van der Waals surface area contributed by atoms with Crippen molar-refractivity contribution in [1.82, 2.24) is 19.7 Å². The average molecular weight is 331 g/mol. The summed E-state index contributed by atoms with van der Waals surface area (Å²) in [6, 6.07) is 4.71. The number of piperazine rings is 1. The van der Waals surface area contributed by atoms with Gasteiger partial charge in [0.2, 0.25) is 5.91 Å². The van der Waals surface area contributed by atoms with E-state index in [4.69, 9.17) is 0 Å². The number of likely N-dealkylation sites (N-methyl/N-ethyl adjacent to an activating group) is 2. The maximum Gasteiger partial charge on any atom is 0.326 e. The molecule has 2 saturated heterocycles. The number of nitrogens with zero attached hydrogens (tertiary/aromatic N) is 5. The van der Waals surface area contributed by atoms with E-state index >= 15 is 0 Å². The Morgan fingerprint density at radius 2 is 1.88 bits per heavy atom. The number of hydrogen-bond donors (Lipinski definition) is 0. The molecular formula is C16H21N5O3. The van der Waals surface area contributed by atoms with Crippen LogP contribution in [0.4, 0.5) is 10.6 Å². The second-order valence-electron chi connectivity index (χ2n) is 6.07. The fraction of sp³-hybridized carbons (Fsp3) is 0.500. The highest BCUT2D eigenvalue weighted by Crippen LogP contribution is 2.19. The van der Waals surface area contributed by atoms with Gasteiger partial charge >= 0.3 is 6.03 Å². The van der Waals surface area contributed by atoms with Crippen molar-refractivity contribution in [2.45, 2.75) is 12.5 Å². The molecule has 24 heavy (non-hydrogen) atoms. The predicted molar refractivity (Wildman–Crippen MR) is 87.4 cm³/mol. The Morgan fingerprint density at radius 3 is 2.42 bits per heavy atom. The minimum atomic E-state index is -0.691. The summed E-state index contributed by atoms with van der Waals surface area (Å²) in [7, 11) is 3.00. The molecule has 0 radical (unpaired) electrons. The van der Waals surface area contributed by atoms with Crippen LogP contribution in [0.1, 0.15) is 6.42 Å². The number of aromatic nitrogens is 1. The summed E-state index contributed by atoms with van der Waals surface area (Å²) in [5.74, 6) is 0.495. The first kappa shape index (κ1) is 16.2. The number of urea groups is 1. The summed E-state index contributed by atoms with van der Waals surface area (Å²) in [5, 5.41) is 0. The summed E-state index contributed by atoms with van der Waals surface area (Å²) < 4.78 is 0. The fourth-order valence-electron chi connectivity index (χ4n) is 3.10. The minimum Gasteiger partial charge on any atom is -0.353 e. The van der Waals surface area contributed by atoms with Crippen molar-refractivity contribution >= 4 is 23.7 Å². The van der Waals surface area contributed by atoms with Crippen LogP contribution in [0.2, 0.25) is 0 Å². The molecule has 128 valence electrons. The van der Waals surface area contributed by atoms with Crippen LogP contribution in [0, 0.1) is 0 Å². The van der Waals surface area contributed by atoms with Gasteiger partial charge in [0, 0.05) is 46.5 Å². The van der Waals surface area contributed by atoms with Gasteiger partial charge in [-0.1, -0.05) is 6.07 Å². The van der Waals surface area contributed by atoms with Crippen LogP contribution in [0.3, 0.4) is 0 Å². The van der Waals surface area contributed by atoms with E-state index in [0.29, 0.717) is 26.2 Å². The molecule has 2 aliphatic heterocycles. The summed E-state index contributed by atoms with van der Waals surface area (Å²) in [5.41, 5.74) is 0. The molecule has 0 N–H and O–H groups in total. The Hall–Kier alpha value is -2.64. The Bertz CT molecular complexity index is 642. The molecule has 8 heteroatoms. The lowest BCUT2D eigenvalue weighted by molar-refractivity contribution is -0.136. The second-order valence-corrected chi connectivity index (χ2v) is 6.07. The van der Waals surface area contributed by atoms with Gasteiger partial charge in [0.15, 0.2) is 0 Å².